The van der Waals surface area contributed by atoms with E-state index in [0.29, 0.717) is 17.1 Å². The standard InChI is InChI=1S/C20H20ClN3O3S2/c1-22-19(25)13-6-8-15(9-7-13)24(10-14-4-2-3-5-16(14)21)20-23-17-11-29(26,27)12-18(17)28-20/h2-9,17-18H,10-12H2,1H3,(H,22,25)/t17-,18+/m0/s1. The third-order valence-corrected chi connectivity index (χ3v) is 8.61. The van der Waals surface area contributed by atoms with Crippen molar-refractivity contribution in [2.75, 3.05) is 23.5 Å². The molecule has 29 heavy (non-hydrogen) atoms. The molecule has 0 unspecified atom stereocenters. The number of amides is 1. The van der Waals surface area contributed by atoms with E-state index in [0.717, 1.165) is 16.4 Å². The number of benzene rings is 2. The molecule has 152 valence electrons. The average Bonchev–Trinajstić information content (AvgIpc) is 3.20. The molecular formula is C20H20ClN3O3S2. The van der Waals surface area contributed by atoms with Crippen LogP contribution in [0.2, 0.25) is 5.02 Å². The number of sulfone groups is 1. The van der Waals surface area contributed by atoms with Crippen molar-refractivity contribution >= 4 is 50.0 Å². The molecule has 1 N–H and O–H groups in total. The van der Waals surface area contributed by atoms with E-state index in [-0.39, 0.29) is 28.7 Å². The molecule has 2 aliphatic heterocycles. The van der Waals surface area contributed by atoms with E-state index in [2.05, 4.69) is 5.32 Å². The topological polar surface area (TPSA) is 78.8 Å². The Bertz CT molecular complexity index is 1070. The van der Waals surface area contributed by atoms with Crippen LogP contribution in [0.15, 0.2) is 53.5 Å². The van der Waals surface area contributed by atoms with Gasteiger partial charge in [-0.1, -0.05) is 41.6 Å². The van der Waals surface area contributed by atoms with E-state index in [1.165, 1.54) is 11.8 Å². The van der Waals surface area contributed by atoms with Gasteiger partial charge in [0.1, 0.15) is 0 Å². The molecule has 0 bridgehead atoms. The van der Waals surface area contributed by atoms with Gasteiger partial charge in [-0.15, -0.1) is 0 Å². The Kier molecular flexibility index (Phi) is 5.59. The van der Waals surface area contributed by atoms with Crippen LogP contribution in [0, 0.1) is 0 Å². The highest BCUT2D eigenvalue weighted by atomic mass is 35.5. The second-order valence-electron chi connectivity index (χ2n) is 7.02. The quantitative estimate of drug-likeness (QED) is 0.776. The van der Waals surface area contributed by atoms with Gasteiger partial charge < -0.3 is 10.2 Å². The molecule has 1 saturated heterocycles. The lowest BCUT2D eigenvalue weighted by Crippen LogP contribution is -2.28. The van der Waals surface area contributed by atoms with E-state index < -0.39 is 9.84 Å². The molecule has 0 aromatic heterocycles. The highest BCUT2D eigenvalue weighted by Gasteiger charge is 2.44. The van der Waals surface area contributed by atoms with Crippen LogP contribution in [0.25, 0.3) is 0 Å². The van der Waals surface area contributed by atoms with Crippen molar-refractivity contribution < 1.29 is 13.2 Å². The summed E-state index contributed by atoms with van der Waals surface area (Å²) in [4.78, 5) is 18.6. The summed E-state index contributed by atoms with van der Waals surface area (Å²) in [5, 5.41) is 4.00. The first kappa shape index (κ1) is 20.3. The van der Waals surface area contributed by atoms with Gasteiger partial charge in [0.25, 0.3) is 5.91 Å². The lowest BCUT2D eigenvalue weighted by atomic mass is 10.1. The summed E-state index contributed by atoms with van der Waals surface area (Å²) in [6.45, 7) is 0.497. The molecule has 2 aromatic carbocycles. The molecule has 9 heteroatoms. The van der Waals surface area contributed by atoms with Gasteiger partial charge in [-0.3, -0.25) is 9.79 Å². The average molecular weight is 450 g/mol. The Morgan fingerprint density at radius 2 is 1.93 bits per heavy atom. The highest BCUT2D eigenvalue weighted by molar-refractivity contribution is 8.15. The monoisotopic (exact) mass is 449 g/mol. The van der Waals surface area contributed by atoms with Gasteiger partial charge in [0.05, 0.1) is 24.1 Å². The number of fused-ring (bicyclic) bond motifs is 1. The fourth-order valence-corrected chi connectivity index (χ4v) is 7.45. The molecule has 0 saturated carbocycles. The number of thioether (sulfide) groups is 1. The van der Waals surface area contributed by atoms with E-state index >= 15 is 0 Å². The van der Waals surface area contributed by atoms with Gasteiger partial charge in [0.15, 0.2) is 15.0 Å². The summed E-state index contributed by atoms with van der Waals surface area (Å²) < 4.78 is 23.8. The van der Waals surface area contributed by atoms with Crippen LogP contribution in [-0.4, -0.2) is 49.3 Å². The molecule has 1 amide bonds. The maximum absolute atomic E-state index is 11.9. The molecule has 4 rings (SSSR count). The van der Waals surface area contributed by atoms with E-state index in [1.54, 1.807) is 19.2 Å². The van der Waals surface area contributed by atoms with Crippen LogP contribution in [-0.2, 0) is 16.4 Å². The smallest absolute Gasteiger partial charge is 0.251 e. The Hall–Kier alpha value is -2.03. The van der Waals surface area contributed by atoms with Crippen LogP contribution in [0.3, 0.4) is 0 Å². The van der Waals surface area contributed by atoms with Crippen molar-refractivity contribution in [2.24, 2.45) is 4.99 Å². The number of anilines is 1. The van der Waals surface area contributed by atoms with Crippen molar-refractivity contribution in [1.29, 1.82) is 0 Å². The Morgan fingerprint density at radius 3 is 2.59 bits per heavy atom. The van der Waals surface area contributed by atoms with Crippen LogP contribution < -0.4 is 10.2 Å². The van der Waals surface area contributed by atoms with Crippen molar-refractivity contribution in [3.63, 3.8) is 0 Å². The van der Waals surface area contributed by atoms with Gasteiger partial charge in [-0.2, -0.15) is 0 Å². The van der Waals surface area contributed by atoms with Crippen molar-refractivity contribution in [2.45, 2.75) is 17.8 Å². The second-order valence-corrected chi connectivity index (χ2v) is 10.8. The second kappa shape index (κ2) is 8.01. The Morgan fingerprint density at radius 1 is 1.21 bits per heavy atom. The minimum Gasteiger partial charge on any atom is -0.355 e. The van der Waals surface area contributed by atoms with Crippen LogP contribution in [0.4, 0.5) is 5.69 Å². The molecule has 2 aliphatic rings. The number of aliphatic imine (C=N–C) groups is 1. The number of amidine groups is 1. The fraction of sp³-hybridized carbons (Fsp3) is 0.300. The minimum atomic E-state index is -3.01. The molecule has 2 aromatic rings. The zero-order valence-corrected chi connectivity index (χ0v) is 18.1. The third kappa shape index (κ3) is 4.29. The molecule has 2 heterocycles. The molecule has 1 fully saturated rings. The Balaban J connectivity index is 1.67. The van der Waals surface area contributed by atoms with E-state index in [4.69, 9.17) is 16.6 Å². The zero-order chi connectivity index (χ0) is 20.6. The summed E-state index contributed by atoms with van der Waals surface area (Å²) in [7, 11) is -1.42. The number of carbonyl (C=O) groups is 1. The van der Waals surface area contributed by atoms with Crippen molar-refractivity contribution in [3.8, 4) is 0 Å². The number of halogens is 1. The first-order valence-electron chi connectivity index (χ1n) is 9.14. The van der Waals surface area contributed by atoms with Gasteiger partial charge in [0, 0.05) is 28.6 Å². The number of carbonyl (C=O) groups excluding carboxylic acids is 1. The number of nitrogens with zero attached hydrogens (tertiary/aromatic N) is 2. The van der Waals surface area contributed by atoms with E-state index in [9.17, 15) is 13.2 Å². The molecular weight excluding hydrogens is 430 g/mol. The zero-order valence-electron chi connectivity index (χ0n) is 15.7. The summed E-state index contributed by atoms with van der Waals surface area (Å²) in [5.41, 5.74) is 2.38. The Labute approximate surface area is 179 Å². The summed E-state index contributed by atoms with van der Waals surface area (Å²) >= 11 is 7.88. The fourth-order valence-electron chi connectivity index (χ4n) is 3.47. The number of hydrogen-bond acceptors (Lipinski definition) is 6. The van der Waals surface area contributed by atoms with Crippen LogP contribution in [0.5, 0.6) is 0 Å². The molecule has 6 nitrogen and oxygen atoms in total. The largest absolute Gasteiger partial charge is 0.355 e. The van der Waals surface area contributed by atoms with Gasteiger partial charge >= 0.3 is 0 Å². The third-order valence-electron chi connectivity index (χ3n) is 4.99. The lowest BCUT2D eigenvalue weighted by molar-refractivity contribution is 0.0963. The normalized spacial score (nSPS) is 22.1. The van der Waals surface area contributed by atoms with Crippen molar-refractivity contribution in [1.82, 2.24) is 5.32 Å². The highest BCUT2D eigenvalue weighted by Crippen LogP contribution is 2.37. The molecule has 0 aliphatic carbocycles. The number of nitrogens with one attached hydrogen (secondary N) is 1. The summed E-state index contributed by atoms with van der Waals surface area (Å²) in [6, 6.07) is 14.7. The molecule has 0 spiro atoms. The van der Waals surface area contributed by atoms with E-state index in [1.807, 2.05) is 41.3 Å². The number of rotatable bonds is 4. The van der Waals surface area contributed by atoms with Gasteiger partial charge in [0.2, 0.25) is 0 Å². The van der Waals surface area contributed by atoms with Gasteiger partial charge in [-0.25, -0.2) is 8.42 Å². The summed E-state index contributed by atoms with van der Waals surface area (Å²) in [5.74, 6) is 0.107. The number of hydrogen-bond donors (Lipinski definition) is 1. The summed E-state index contributed by atoms with van der Waals surface area (Å²) in [6.07, 6.45) is 0. The maximum Gasteiger partial charge on any atom is 0.251 e. The maximum atomic E-state index is 11.9. The lowest BCUT2D eigenvalue weighted by Gasteiger charge is -2.25. The first-order chi connectivity index (χ1) is 13.9. The SMILES string of the molecule is CNC(=O)c1ccc(N(Cc2ccccc2Cl)C2=N[C@H]3CS(=O)(=O)C[C@H]3S2)cc1. The minimum absolute atomic E-state index is 0.0473. The van der Waals surface area contributed by atoms with Crippen molar-refractivity contribution in [3.05, 3.63) is 64.7 Å². The predicted molar refractivity (Wildman–Crippen MR) is 119 cm³/mol. The van der Waals surface area contributed by atoms with Crippen LogP contribution >= 0.6 is 23.4 Å². The molecule has 2 atom stereocenters. The molecule has 0 radical (unpaired) electrons. The predicted octanol–water partition coefficient (Wildman–Crippen LogP) is 2.97. The first-order valence-corrected chi connectivity index (χ1v) is 12.2. The van der Waals surface area contributed by atoms with Gasteiger partial charge in [-0.05, 0) is 35.9 Å². The van der Waals surface area contributed by atoms with Crippen LogP contribution in [0.1, 0.15) is 15.9 Å².